The highest BCUT2D eigenvalue weighted by Gasteiger charge is 2.47. The molecule has 2 aliphatic carbocycles. The van der Waals surface area contributed by atoms with Crippen molar-refractivity contribution in [3.63, 3.8) is 0 Å². The molecule has 12 nitrogen and oxygen atoms in total. The summed E-state index contributed by atoms with van der Waals surface area (Å²) in [6.45, 7) is -0.122. The molecule has 3 aromatic carbocycles. The number of hydrogen-bond acceptors (Lipinski definition) is 10. The van der Waals surface area contributed by atoms with E-state index >= 15 is 0 Å². The van der Waals surface area contributed by atoms with Gasteiger partial charge in [-0.2, -0.15) is 0 Å². The number of fused-ring (bicyclic) bond motifs is 5. The van der Waals surface area contributed by atoms with E-state index in [0.29, 0.717) is 44.4 Å². The summed E-state index contributed by atoms with van der Waals surface area (Å²) in [4.78, 5) is 42.2. The van der Waals surface area contributed by atoms with Crippen molar-refractivity contribution in [3.8, 4) is 11.5 Å². The fourth-order valence-electron chi connectivity index (χ4n) is 5.37. The van der Waals surface area contributed by atoms with Crippen LogP contribution in [0, 0.1) is 0 Å². The van der Waals surface area contributed by atoms with Crippen LogP contribution in [0.1, 0.15) is 27.0 Å². The fraction of sp³-hybridized carbons (Fsp3) is 0.125. The van der Waals surface area contributed by atoms with Crippen LogP contribution in [0.15, 0.2) is 89.9 Å². The number of carbonyl (C=O) groups is 3. The first kappa shape index (κ1) is 28.2. The summed E-state index contributed by atoms with van der Waals surface area (Å²) in [7, 11) is 1.27. The van der Waals surface area contributed by atoms with Crippen LogP contribution in [-0.4, -0.2) is 67.4 Å². The number of allylic oxidation sites excluding steroid dienone is 2. The van der Waals surface area contributed by atoms with Crippen molar-refractivity contribution in [2.45, 2.75) is 12.0 Å². The molecule has 1 unspecified atom stereocenters. The Balaban J connectivity index is 0.000000156. The third kappa shape index (κ3) is 4.92. The zero-order valence-electron chi connectivity index (χ0n) is 23.1. The van der Waals surface area contributed by atoms with E-state index in [1.807, 2.05) is 18.2 Å². The number of carbonyl (C=O) groups excluding carboxylic acids is 3. The molecule has 1 atom stereocenters. The minimum absolute atomic E-state index is 0.0348. The second-order valence-electron chi connectivity index (χ2n) is 10.3. The summed E-state index contributed by atoms with van der Waals surface area (Å²) in [6.07, 6.45) is 2.29. The van der Waals surface area contributed by atoms with E-state index in [9.17, 15) is 34.8 Å². The van der Waals surface area contributed by atoms with Crippen LogP contribution < -0.4 is 5.32 Å². The summed E-state index contributed by atoms with van der Waals surface area (Å²) in [5.41, 5.74) is 3.27. The highest BCUT2D eigenvalue weighted by atomic mass is 16.5. The molecule has 0 fully saturated rings. The SMILES string of the molecule is COC(=O)Nc1nc2ccc(C(=O)c3ccccc3)cc2[nH]1.O=C1C=CC2=C3c4cc(O)c(O)cc4CC3(O)COC2=C1O. The first-order valence-corrected chi connectivity index (χ1v) is 13.3. The van der Waals surface area contributed by atoms with Crippen LogP contribution in [0.5, 0.6) is 11.5 Å². The number of aromatic nitrogens is 2. The van der Waals surface area contributed by atoms with Gasteiger partial charge in [0.1, 0.15) is 12.2 Å². The second kappa shape index (κ2) is 10.7. The van der Waals surface area contributed by atoms with Gasteiger partial charge in [-0.05, 0) is 53.6 Å². The highest BCUT2D eigenvalue weighted by molar-refractivity contribution is 6.10. The van der Waals surface area contributed by atoms with Crippen molar-refractivity contribution in [1.29, 1.82) is 0 Å². The maximum atomic E-state index is 12.4. The first-order valence-electron chi connectivity index (χ1n) is 13.3. The van der Waals surface area contributed by atoms with Gasteiger partial charge < -0.3 is 34.9 Å². The monoisotopic (exact) mass is 595 g/mol. The predicted octanol–water partition coefficient (Wildman–Crippen LogP) is 4.05. The Kier molecular flexibility index (Phi) is 6.90. The molecule has 2 heterocycles. The lowest BCUT2D eigenvalue weighted by Crippen LogP contribution is -2.39. The van der Waals surface area contributed by atoms with Crippen molar-refractivity contribution < 1.29 is 44.3 Å². The van der Waals surface area contributed by atoms with Crippen molar-refractivity contribution in [2.24, 2.45) is 0 Å². The molecule has 3 aliphatic rings. The van der Waals surface area contributed by atoms with Crippen LogP contribution in [0.4, 0.5) is 10.7 Å². The molecule has 6 N–H and O–H groups in total. The van der Waals surface area contributed by atoms with E-state index in [-0.39, 0.29) is 42.0 Å². The molecule has 222 valence electrons. The summed E-state index contributed by atoms with van der Waals surface area (Å²) in [5, 5.41) is 42.5. The number of rotatable bonds is 3. The Morgan fingerprint density at radius 1 is 1.00 bits per heavy atom. The van der Waals surface area contributed by atoms with Crippen molar-refractivity contribution >= 4 is 40.2 Å². The fourth-order valence-corrected chi connectivity index (χ4v) is 5.37. The molecule has 1 aliphatic heterocycles. The lowest BCUT2D eigenvalue weighted by atomic mass is 9.85. The molecule has 0 saturated carbocycles. The molecule has 12 heteroatoms. The van der Waals surface area contributed by atoms with Gasteiger partial charge in [0.2, 0.25) is 17.5 Å². The molecule has 44 heavy (non-hydrogen) atoms. The number of ketones is 2. The van der Waals surface area contributed by atoms with E-state index < -0.39 is 23.2 Å². The molecule has 0 spiro atoms. The normalized spacial score (nSPS) is 18.1. The number of aliphatic hydroxyl groups is 2. The van der Waals surface area contributed by atoms with E-state index in [0.717, 1.165) is 0 Å². The third-order valence-electron chi connectivity index (χ3n) is 7.42. The Labute approximate surface area is 249 Å². The third-order valence-corrected chi connectivity index (χ3v) is 7.42. The van der Waals surface area contributed by atoms with Crippen molar-refractivity contribution in [3.05, 3.63) is 112 Å². The zero-order chi connectivity index (χ0) is 31.2. The van der Waals surface area contributed by atoms with Crippen LogP contribution in [0.25, 0.3) is 16.6 Å². The number of H-pyrrole nitrogens is 1. The number of aromatic hydroxyl groups is 2. The van der Waals surface area contributed by atoms with Crippen LogP contribution >= 0.6 is 0 Å². The number of nitrogens with one attached hydrogen (secondary N) is 2. The molecule has 4 aromatic rings. The van der Waals surface area contributed by atoms with Gasteiger partial charge in [-0.1, -0.05) is 30.3 Å². The number of ether oxygens (including phenoxy) is 2. The number of amides is 1. The van der Waals surface area contributed by atoms with Gasteiger partial charge >= 0.3 is 6.09 Å². The smallest absolute Gasteiger partial charge is 0.413 e. The van der Waals surface area contributed by atoms with E-state index in [1.54, 1.807) is 30.3 Å². The first-order chi connectivity index (χ1) is 21.1. The maximum absolute atomic E-state index is 12.4. The minimum Gasteiger partial charge on any atom is -0.504 e. The second-order valence-corrected chi connectivity index (χ2v) is 10.3. The Morgan fingerprint density at radius 3 is 2.50 bits per heavy atom. The number of hydrogen-bond donors (Lipinski definition) is 6. The van der Waals surface area contributed by atoms with Gasteiger partial charge in [0.15, 0.2) is 23.0 Å². The van der Waals surface area contributed by atoms with Gasteiger partial charge in [0.05, 0.1) is 18.1 Å². The molecule has 0 saturated heterocycles. The topological polar surface area (TPSA) is 191 Å². The van der Waals surface area contributed by atoms with Crippen LogP contribution in [0.2, 0.25) is 0 Å². The number of methoxy groups -OCH3 is 1. The summed E-state index contributed by atoms with van der Waals surface area (Å²) in [6, 6.07) is 16.9. The lowest BCUT2D eigenvalue weighted by Gasteiger charge is -2.33. The van der Waals surface area contributed by atoms with Crippen molar-refractivity contribution in [2.75, 3.05) is 19.0 Å². The molecule has 0 radical (unpaired) electrons. The van der Waals surface area contributed by atoms with E-state index in [2.05, 4.69) is 20.0 Å². The van der Waals surface area contributed by atoms with Gasteiger partial charge in [-0.3, -0.25) is 14.9 Å². The average molecular weight is 596 g/mol. The molecular weight excluding hydrogens is 570 g/mol. The Hall–Kier alpha value is -5.88. The number of aromatic amines is 1. The quantitative estimate of drug-likeness (QED) is 0.149. The average Bonchev–Trinajstić information content (AvgIpc) is 3.55. The largest absolute Gasteiger partial charge is 0.504 e. The lowest BCUT2D eigenvalue weighted by molar-refractivity contribution is -0.114. The highest BCUT2D eigenvalue weighted by Crippen LogP contribution is 2.50. The molecule has 1 amide bonds. The van der Waals surface area contributed by atoms with E-state index in [1.165, 1.54) is 31.4 Å². The number of phenolic OH excluding ortho intramolecular Hbond substituents is 2. The van der Waals surface area contributed by atoms with Gasteiger partial charge in [0.25, 0.3) is 0 Å². The van der Waals surface area contributed by atoms with Crippen LogP contribution in [-0.2, 0) is 20.7 Å². The summed E-state index contributed by atoms with van der Waals surface area (Å²) < 4.78 is 9.90. The van der Waals surface area contributed by atoms with E-state index in [4.69, 9.17) is 4.74 Å². The molecule has 0 bridgehead atoms. The summed E-state index contributed by atoms with van der Waals surface area (Å²) >= 11 is 0. The van der Waals surface area contributed by atoms with Crippen molar-refractivity contribution in [1.82, 2.24) is 9.97 Å². The molecule has 1 aromatic heterocycles. The standard InChI is InChI=1S/C16H13N3O3.C16H12O6/c1-22-16(21)19-15-17-12-8-7-11(9-13(12)18-15)14(20)10-5-3-2-4-6-10;17-10-2-1-8-13-9-4-12(19)11(18)3-7(9)5-16(13,21)6-22-15(8)14(10)20/h2-9H,1H3,(H2,17,18,19,21);1-4,18-21H,5-6H2. The van der Waals surface area contributed by atoms with Gasteiger partial charge in [-0.25, -0.2) is 9.78 Å². The molecule has 7 rings (SSSR count). The zero-order valence-corrected chi connectivity index (χ0v) is 23.1. The van der Waals surface area contributed by atoms with Gasteiger partial charge in [-0.15, -0.1) is 0 Å². The maximum Gasteiger partial charge on any atom is 0.413 e. The number of benzene rings is 3. The number of aliphatic hydroxyl groups excluding tert-OH is 1. The predicted molar refractivity (Wildman–Crippen MR) is 157 cm³/mol. The number of nitrogens with zero attached hydrogens (tertiary/aromatic N) is 1. The minimum atomic E-state index is -1.33. The van der Waals surface area contributed by atoms with Gasteiger partial charge in [0, 0.05) is 28.7 Å². The number of imidazole rings is 1. The van der Waals surface area contributed by atoms with Crippen LogP contribution in [0.3, 0.4) is 0 Å². The Morgan fingerprint density at radius 2 is 1.75 bits per heavy atom. The number of phenols is 2. The Bertz CT molecular complexity index is 1960. The summed E-state index contributed by atoms with van der Waals surface area (Å²) in [5.74, 6) is -1.38. The molecular formula is C32H25N3O9. The number of anilines is 1.